The summed E-state index contributed by atoms with van der Waals surface area (Å²) in [6, 6.07) is 6.90. The van der Waals surface area contributed by atoms with E-state index < -0.39 is 0 Å². The monoisotopic (exact) mass is 343 g/mol. The van der Waals surface area contributed by atoms with E-state index >= 15 is 0 Å². The van der Waals surface area contributed by atoms with Gasteiger partial charge < -0.3 is 15.5 Å². The minimum absolute atomic E-state index is 0.0850. The molecule has 5 nitrogen and oxygen atoms in total. The van der Waals surface area contributed by atoms with Crippen molar-refractivity contribution in [2.75, 3.05) is 11.9 Å². The second-order valence-corrected chi connectivity index (χ2v) is 7.50. The Labute approximate surface area is 150 Å². The van der Waals surface area contributed by atoms with E-state index in [0.29, 0.717) is 25.0 Å². The van der Waals surface area contributed by atoms with Gasteiger partial charge in [0.1, 0.15) is 0 Å². The highest BCUT2D eigenvalue weighted by Crippen LogP contribution is 2.26. The summed E-state index contributed by atoms with van der Waals surface area (Å²) < 4.78 is 0. The van der Waals surface area contributed by atoms with Crippen LogP contribution in [0.4, 0.5) is 5.69 Å². The van der Waals surface area contributed by atoms with Crippen molar-refractivity contribution in [3.63, 3.8) is 0 Å². The fourth-order valence-electron chi connectivity index (χ4n) is 4.04. The quantitative estimate of drug-likeness (QED) is 0.883. The number of benzene rings is 1. The molecule has 0 aromatic heterocycles. The number of piperidine rings is 1. The topological polar surface area (TPSA) is 61.4 Å². The number of carbonyl (C=O) groups is 2. The van der Waals surface area contributed by atoms with Crippen LogP contribution in [0, 0.1) is 0 Å². The van der Waals surface area contributed by atoms with Crippen LogP contribution in [0.2, 0.25) is 0 Å². The molecule has 1 aromatic rings. The van der Waals surface area contributed by atoms with Gasteiger partial charge >= 0.3 is 0 Å². The van der Waals surface area contributed by atoms with Gasteiger partial charge in [-0.3, -0.25) is 9.59 Å². The average Bonchev–Trinajstić information content (AvgIpc) is 2.59. The lowest BCUT2D eigenvalue weighted by atomic mass is 9.97. The maximum atomic E-state index is 12.6. The first kappa shape index (κ1) is 17.9. The Hall–Kier alpha value is -1.88. The molecule has 2 heterocycles. The van der Waals surface area contributed by atoms with Crippen molar-refractivity contribution < 1.29 is 9.59 Å². The third-order valence-corrected chi connectivity index (χ3v) is 5.57. The molecule has 3 atom stereocenters. The van der Waals surface area contributed by atoms with Crippen molar-refractivity contribution in [3.8, 4) is 0 Å². The van der Waals surface area contributed by atoms with Crippen LogP contribution >= 0.6 is 0 Å². The van der Waals surface area contributed by atoms with Crippen LogP contribution in [0.5, 0.6) is 0 Å². The van der Waals surface area contributed by atoms with Crippen molar-refractivity contribution in [2.24, 2.45) is 0 Å². The number of carbonyl (C=O) groups excluding carboxylic acids is 2. The smallest absolute Gasteiger partial charge is 0.237 e. The highest BCUT2D eigenvalue weighted by Gasteiger charge is 2.28. The Morgan fingerprint density at radius 3 is 2.72 bits per heavy atom. The van der Waals surface area contributed by atoms with E-state index in [1.54, 1.807) is 0 Å². The molecule has 5 heteroatoms. The molecular weight excluding hydrogens is 314 g/mol. The fraction of sp³-hybridized carbons (Fsp3) is 0.600. The van der Waals surface area contributed by atoms with Crippen LogP contribution in [-0.2, 0) is 16.0 Å². The third-order valence-electron chi connectivity index (χ3n) is 5.57. The first-order chi connectivity index (χ1) is 12.0. The lowest BCUT2D eigenvalue weighted by Crippen LogP contribution is -2.50. The molecule has 0 saturated carbocycles. The number of nitrogens with zero attached hydrogens (tertiary/aromatic N) is 1. The van der Waals surface area contributed by atoms with E-state index in [9.17, 15) is 9.59 Å². The molecule has 0 bridgehead atoms. The van der Waals surface area contributed by atoms with Crippen molar-refractivity contribution in [1.82, 2.24) is 10.2 Å². The van der Waals surface area contributed by atoms with E-state index in [4.69, 9.17) is 0 Å². The Balaban J connectivity index is 1.60. The lowest BCUT2D eigenvalue weighted by Gasteiger charge is -2.39. The number of nitrogens with one attached hydrogen (secondary N) is 2. The summed E-state index contributed by atoms with van der Waals surface area (Å²) in [6.45, 7) is 6.74. The number of aryl methyl sites for hydroxylation is 1. The van der Waals surface area contributed by atoms with Crippen LogP contribution in [-0.4, -0.2) is 35.3 Å². The van der Waals surface area contributed by atoms with Gasteiger partial charge in [-0.25, -0.2) is 0 Å². The van der Waals surface area contributed by atoms with Crippen LogP contribution < -0.4 is 10.6 Å². The van der Waals surface area contributed by atoms with Gasteiger partial charge in [-0.1, -0.05) is 12.1 Å². The molecule has 1 saturated heterocycles. The van der Waals surface area contributed by atoms with Crippen molar-refractivity contribution in [3.05, 3.63) is 29.3 Å². The fourth-order valence-corrected chi connectivity index (χ4v) is 4.04. The van der Waals surface area contributed by atoms with Gasteiger partial charge in [0.05, 0.1) is 6.54 Å². The summed E-state index contributed by atoms with van der Waals surface area (Å²) in [5, 5.41) is 6.28. The number of fused-ring (bicyclic) bond motifs is 1. The molecule has 1 aromatic carbocycles. The summed E-state index contributed by atoms with van der Waals surface area (Å²) in [5.41, 5.74) is 3.25. The number of rotatable bonds is 4. The largest absolute Gasteiger partial charge is 0.336 e. The van der Waals surface area contributed by atoms with Crippen molar-refractivity contribution in [2.45, 2.75) is 71.0 Å². The molecule has 3 rings (SSSR count). The summed E-state index contributed by atoms with van der Waals surface area (Å²) in [6.07, 6.45) is 4.73. The van der Waals surface area contributed by atoms with Gasteiger partial charge in [-0.05, 0) is 63.6 Å². The Morgan fingerprint density at radius 1 is 1.28 bits per heavy atom. The van der Waals surface area contributed by atoms with Crippen LogP contribution in [0.1, 0.15) is 63.6 Å². The number of hydrogen-bond donors (Lipinski definition) is 2. The minimum atomic E-state index is 0.0850. The lowest BCUT2D eigenvalue weighted by molar-refractivity contribution is -0.136. The van der Waals surface area contributed by atoms with Gasteiger partial charge in [0.25, 0.3) is 0 Å². The molecule has 0 radical (unpaired) electrons. The predicted molar refractivity (Wildman–Crippen MR) is 99.4 cm³/mol. The summed E-state index contributed by atoms with van der Waals surface area (Å²) >= 11 is 0. The molecule has 2 aliphatic rings. The second kappa shape index (κ2) is 7.56. The molecule has 25 heavy (non-hydrogen) atoms. The molecule has 2 aliphatic heterocycles. The molecule has 2 N–H and O–H groups in total. The second-order valence-electron chi connectivity index (χ2n) is 7.50. The Morgan fingerprint density at radius 2 is 2.00 bits per heavy atom. The van der Waals surface area contributed by atoms with Gasteiger partial charge in [0.2, 0.25) is 11.8 Å². The average molecular weight is 343 g/mol. The summed E-state index contributed by atoms with van der Waals surface area (Å²) in [5.74, 6) is 0.276. The van der Waals surface area contributed by atoms with E-state index in [2.05, 4.69) is 37.5 Å². The zero-order valence-corrected chi connectivity index (χ0v) is 15.5. The van der Waals surface area contributed by atoms with Crippen molar-refractivity contribution >= 4 is 17.5 Å². The number of anilines is 1. The summed E-state index contributed by atoms with van der Waals surface area (Å²) in [4.78, 5) is 26.1. The third kappa shape index (κ3) is 4.03. The maximum absolute atomic E-state index is 12.6. The van der Waals surface area contributed by atoms with Crippen LogP contribution in [0.25, 0.3) is 0 Å². The predicted octanol–water partition coefficient (Wildman–Crippen LogP) is 3.01. The Bertz CT molecular complexity index is 648. The molecular formula is C20H29N3O2. The van der Waals surface area contributed by atoms with E-state index in [0.717, 1.165) is 30.5 Å². The SMILES string of the molecule is C[C@H](NCC(=O)N1[C@H](C)CCC[C@H]1C)c1ccc2c(c1)CCC(=O)N2. The first-order valence-electron chi connectivity index (χ1n) is 9.43. The Kier molecular flexibility index (Phi) is 5.42. The minimum Gasteiger partial charge on any atom is -0.336 e. The van der Waals surface area contributed by atoms with Gasteiger partial charge in [-0.2, -0.15) is 0 Å². The number of amides is 2. The van der Waals surface area contributed by atoms with Crippen LogP contribution in [0.3, 0.4) is 0 Å². The van der Waals surface area contributed by atoms with E-state index in [1.807, 2.05) is 17.0 Å². The highest BCUT2D eigenvalue weighted by atomic mass is 16.2. The molecule has 0 spiro atoms. The first-order valence-corrected chi connectivity index (χ1v) is 9.43. The van der Waals surface area contributed by atoms with E-state index in [-0.39, 0.29) is 17.9 Å². The van der Waals surface area contributed by atoms with E-state index in [1.165, 1.54) is 12.0 Å². The standard InChI is InChI=1S/C20H29N3O2/c1-13-5-4-6-14(2)23(13)20(25)12-21-15(3)16-7-9-18-17(11-16)8-10-19(24)22-18/h7,9,11,13-15,21H,4-6,8,10,12H2,1-3H3,(H,22,24)/t13-,14-,15+/m1/s1. The number of likely N-dealkylation sites (tertiary alicyclic amines) is 1. The number of hydrogen-bond acceptors (Lipinski definition) is 3. The van der Waals surface area contributed by atoms with Crippen LogP contribution in [0.15, 0.2) is 18.2 Å². The molecule has 0 unspecified atom stereocenters. The molecule has 0 aliphatic carbocycles. The highest BCUT2D eigenvalue weighted by molar-refractivity contribution is 5.93. The summed E-state index contributed by atoms with van der Waals surface area (Å²) in [7, 11) is 0. The van der Waals surface area contributed by atoms with Gasteiger partial charge in [-0.15, -0.1) is 0 Å². The zero-order valence-electron chi connectivity index (χ0n) is 15.5. The van der Waals surface area contributed by atoms with Gasteiger partial charge in [0.15, 0.2) is 0 Å². The van der Waals surface area contributed by atoms with Gasteiger partial charge in [0, 0.05) is 30.2 Å². The molecule has 136 valence electrons. The van der Waals surface area contributed by atoms with Crippen molar-refractivity contribution in [1.29, 1.82) is 0 Å². The normalized spacial score (nSPS) is 24.4. The zero-order chi connectivity index (χ0) is 18.0. The molecule has 2 amide bonds. The maximum Gasteiger partial charge on any atom is 0.237 e. The molecule has 1 fully saturated rings.